The van der Waals surface area contributed by atoms with Crippen molar-refractivity contribution in [2.75, 3.05) is 13.1 Å². The van der Waals surface area contributed by atoms with Crippen LogP contribution < -0.4 is 0 Å². The minimum absolute atomic E-state index is 0.216. The number of amides is 3. The van der Waals surface area contributed by atoms with Crippen LogP contribution in [0.4, 0.5) is 0 Å². The molecule has 0 saturated carbocycles. The third kappa shape index (κ3) is 2.83. The third-order valence-corrected chi connectivity index (χ3v) is 5.57. The highest BCUT2D eigenvalue weighted by Gasteiger charge is 2.37. The number of aromatic amines is 1. The molecule has 3 amide bonds. The number of H-pyrrole nitrogens is 1. The average molecular weight is 366 g/mol. The van der Waals surface area contributed by atoms with Gasteiger partial charge in [0.2, 0.25) is 5.91 Å². The van der Waals surface area contributed by atoms with Crippen molar-refractivity contribution in [2.24, 2.45) is 0 Å². The fraction of sp³-hybridized carbons (Fsp3) is 0.400. The van der Waals surface area contributed by atoms with Crippen LogP contribution in [0, 0.1) is 0 Å². The molecule has 0 unspecified atom stereocenters. The molecule has 0 radical (unpaired) electrons. The van der Waals surface area contributed by atoms with Gasteiger partial charge in [-0.3, -0.25) is 24.4 Å². The minimum atomic E-state index is -0.398. The van der Waals surface area contributed by atoms with Gasteiger partial charge >= 0.3 is 0 Å². The van der Waals surface area contributed by atoms with Crippen LogP contribution in [0.15, 0.2) is 24.3 Å². The zero-order chi connectivity index (χ0) is 19.1. The van der Waals surface area contributed by atoms with Crippen molar-refractivity contribution in [3.63, 3.8) is 0 Å². The SMILES string of the molecule is CC[C@@H](C)c1n[nH]c2c1CN(C(=O)CN1C(=O)c3ccccc3C1=O)CC2. The summed E-state index contributed by atoms with van der Waals surface area (Å²) in [5, 5.41) is 7.53. The standard InChI is InChI=1S/C20H22N4O3/c1-3-12(2)18-15-10-23(9-8-16(15)21-22-18)17(25)11-24-19(26)13-6-4-5-7-14(13)20(24)27/h4-7,12H,3,8-11H2,1-2H3,(H,21,22)/t12-/m1/s1. The Balaban J connectivity index is 1.50. The lowest BCUT2D eigenvalue weighted by molar-refractivity contribution is -0.132. The van der Waals surface area contributed by atoms with E-state index in [2.05, 4.69) is 24.0 Å². The van der Waals surface area contributed by atoms with E-state index in [9.17, 15) is 14.4 Å². The number of nitrogens with one attached hydrogen (secondary N) is 1. The molecular weight excluding hydrogens is 344 g/mol. The minimum Gasteiger partial charge on any atom is -0.336 e. The summed E-state index contributed by atoms with van der Waals surface area (Å²) in [5.74, 6) is -0.696. The Kier molecular flexibility index (Phi) is 4.30. The first-order valence-electron chi connectivity index (χ1n) is 9.30. The Morgan fingerprint density at radius 3 is 2.52 bits per heavy atom. The van der Waals surface area contributed by atoms with Crippen molar-refractivity contribution in [3.8, 4) is 0 Å². The maximum absolute atomic E-state index is 12.8. The predicted molar refractivity (Wildman–Crippen MR) is 98.2 cm³/mol. The van der Waals surface area contributed by atoms with Crippen molar-refractivity contribution in [3.05, 3.63) is 52.3 Å². The predicted octanol–water partition coefficient (Wildman–Crippen LogP) is 2.10. The molecule has 0 aliphatic carbocycles. The van der Waals surface area contributed by atoms with Gasteiger partial charge in [-0.1, -0.05) is 26.0 Å². The molecule has 7 nitrogen and oxygen atoms in total. The summed E-state index contributed by atoms with van der Waals surface area (Å²) >= 11 is 0. The van der Waals surface area contributed by atoms with Gasteiger partial charge in [0.15, 0.2) is 0 Å². The molecule has 1 N–H and O–H groups in total. The van der Waals surface area contributed by atoms with Crippen molar-refractivity contribution in [1.29, 1.82) is 0 Å². The van der Waals surface area contributed by atoms with E-state index in [1.165, 1.54) is 0 Å². The summed E-state index contributed by atoms with van der Waals surface area (Å²) in [5.41, 5.74) is 3.89. The summed E-state index contributed by atoms with van der Waals surface area (Å²) in [7, 11) is 0. The second kappa shape index (κ2) is 6.64. The average Bonchev–Trinajstić information content (AvgIpc) is 3.22. The lowest BCUT2D eigenvalue weighted by Gasteiger charge is -2.29. The Bertz CT molecular complexity index is 898. The van der Waals surface area contributed by atoms with Crippen LogP contribution in [0.1, 0.15) is 63.9 Å². The van der Waals surface area contributed by atoms with Crippen molar-refractivity contribution in [1.82, 2.24) is 20.0 Å². The first-order valence-corrected chi connectivity index (χ1v) is 9.30. The van der Waals surface area contributed by atoms with Crippen LogP contribution in [-0.2, 0) is 17.8 Å². The van der Waals surface area contributed by atoms with Crippen LogP contribution in [0.3, 0.4) is 0 Å². The van der Waals surface area contributed by atoms with Gasteiger partial charge in [0.05, 0.1) is 16.8 Å². The number of hydrogen-bond acceptors (Lipinski definition) is 4. The maximum atomic E-state index is 12.8. The second-order valence-corrected chi connectivity index (χ2v) is 7.18. The molecule has 0 spiro atoms. The van der Waals surface area contributed by atoms with Gasteiger partial charge in [0.25, 0.3) is 11.8 Å². The zero-order valence-electron chi connectivity index (χ0n) is 15.5. The van der Waals surface area contributed by atoms with E-state index in [0.29, 0.717) is 36.6 Å². The monoisotopic (exact) mass is 366 g/mol. The summed E-state index contributed by atoms with van der Waals surface area (Å²) in [6.45, 7) is 5.03. The molecular formula is C20H22N4O3. The fourth-order valence-electron chi connectivity index (χ4n) is 3.75. The van der Waals surface area contributed by atoms with Crippen molar-refractivity contribution < 1.29 is 14.4 Å². The highest BCUT2D eigenvalue weighted by atomic mass is 16.2. The van der Waals surface area contributed by atoms with Gasteiger partial charge < -0.3 is 4.90 Å². The lowest BCUT2D eigenvalue weighted by atomic mass is 9.96. The van der Waals surface area contributed by atoms with E-state index < -0.39 is 11.8 Å². The number of benzene rings is 1. The van der Waals surface area contributed by atoms with Gasteiger partial charge in [-0.05, 0) is 18.6 Å². The first-order chi connectivity index (χ1) is 13.0. The van der Waals surface area contributed by atoms with Gasteiger partial charge in [-0.15, -0.1) is 0 Å². The molecule has 0 saturated heterocycles. The van der Waals surface area contributed by atoms with Crippen LogP contribution in [0.5, 0.6) is 0 Å². The number of carbonyl (C=O) groups excluding carboxylic acids is 3. The van der Waals surface area contributed by atoms with E-state index in [1.54, 1.807) is 29.2 Å². The van der Waals surface area contributed by atoms with E-state index in [1.807, 2.05) is 0 Å². The molecule has 3 heterocycles. The Morgan fingerprint density at radius 2 is 1.89 bits per heavy atom. The number of fused-ring (bicyclic) bond motifs is 2. The van der Waals surface area contributed by atoms with Crippen LogP contribution in [-0.4, -0.2) is 50.8 Å². The quantitative estimate of drug-likeness (QED) is 0.840. The number of carbonyl (C=O) groups is 3. The van der Waals surface area contributed by atoms with E-state index in [0.717, 1.165) is 28.3 Å². The van der Waals surface area contributed by atoms with Gasteiger partial charge in [-0.25, -0.2) is 0 Å². The van der Waals surface area contributed by atoms with E-state index in [4.69, 9.17) is 0 Å². The summed E-state index contributed by atoms with van der Waals surface area (Å²) in [6.07, 6.45) is 1.67. The lowest BCUT2D eigenvalue weighted by Crippen LogP contribution is -2.44. The van der Waals surface area contributed by atoms with E-state index in [-0.39, 0.29) is 12.5 Å². The molecule has 27 heavy (non-hydrogen) atoms. The number of nitrogens with zero attached hydrogens (tertiary/aromatic N) is 3. The van der Waals surface area contributed by atoms with Gasteiger partial charge in [-0.2, -0.15) is 5.10 Å². The smallest absolute Gasteiger partial charge is 0.262 e. The fourth-order valence-corrected chi connectivity index (χ4v) is 3.75. The van der Waals surface area contributed by atoms with Gasteiger partial charge in [0, 0.05) is 36.7 Å². The third-order valence-electron chi connectivity index (χ3n) is 5.57. The molecule has 2 aliphatic rings. The highest BCUT2D eigenvalue weighted by Crippen LogP contribution is 2.28. The molecule has 2 aromatic rings. The summed E-state index contributed by atoms with van der Waals surface area (Å²) in [6, 6.07) is 6.68. The van der Waals surface area contributed by atoms with Crippen molar-refractivity contribution in [2.45, 2.75) is 39.2 Å². The van der Waals surface area contributed by atoms with Gasteiger partial charge in [0.1, 0.15) is 6.54 Å². The Labute approximate surface area is 157 Å². The highest BCUT2D eigenvalue weighted by molar-refractivity contribution is 6.22. The number of rotatable bonds is 4. The number of imide groups is 1. The molecule has 1 aromatic carbocycles. The van der Waals surface area contributed by atoms with Crippen LogP contribution >= 0.6 is 0 Å². The topological polar surface area (TPSA) is 86.4 Å². The Hall–Kier alpha value is -2.96. The molecule has 140 valence electrons. The first kappa shape index (κ1) is 17.5. The maximum Gasteiger partial charge on any atom is 0.262 e. The Morgan fingerprint density at radius 1 is 1.22 bits per heavy atom. The van der Waals surface area contributed by atoms with Crippen LogP contribution in [0.25, 0.3) is 0 Å². The second-order valence-electron chi connectivity index (χ2n) is 7.18. The number of aromatic nitrogens is 2. The van der Waals surface area contributed by atoms with E-state index >= 15 is 0 Å². The summed E-state index contributed by atoms with van der Waals surface area (Å²) in [4.78, 5) is 40.6. The normalized spacial score (nSPS) is 17.1. The zero-order valence-corrected chi connectivity index (χ0v) is 15.5. The molecule has 4 rings (SSSR count). The molecule has 1 aromatic heterocycles. The largest absolute Gasteiger partial charge is 0.336 e. The van der Waals surface area contributed by atoms with Crippen molar-refractivity contribution >= 4 is 17.7 Å². The molecule has 0 bridgehead atoms. The number of hydrogen-bond donors (Lipinski definition) is 1. The molecule has 1 atom stereocenters. The molecule has 0 fully saturated rings. The van der Waals surface area contributed by atoms with Crippen LogP contribution in [0.2, 0.25) is 0 Å². The molecule has 7 heteroatoms. The summed E-state index contributed by atoms with van der Waals surface area (Å²) < 4.78 is 0. The molecule has 2 aliphatic heterocycles.